The number of rotatable bonds is 3. The van der Waals surface area contributed by atoms with E-state index in [1.807, 2.05) is 0 Å². The van der Waals surface area contributed by atoms with Crippen molar-refractivity contribution in [1.82, 2.24) is 5.32 Å². The molecule has 0 heterocycles. The van der Waals surface area contributed by atoms with Crippen LogP contribution in [0, 0.1) is 5.92 Å². The first-order valence-corrected chi connectivity index (χ1v) is 8.64. The molecule has 1 aromatic carbocycles. The highest BCUT2D eigenvalue weighted by Crippen LogP contribution is 2.34. The number of benzene rings is 1. The van der Waals surface area contributed by atoms with Crippen LogP contribution < -0.4 is 5.32 Å². The van der Waals surface area contributed by atoms with Crippen molar-refractivity contribution in [2.75, 3.05) is 0 Å². The molecular formula is C19H29N. The molecule has 1 aromatic rings. The Morgan fingerprint density at radius 1 is 0.850 bits per heavy atom. The third-order valence-electron chi connectivity index (χ3n) is 5.46. The fourth-order valence-corrected chi connectivity index (χ4v) is 4.16. The Labute approximate surface area is 124 Å². The van der Waals surface area contributed by atoms with Gasteiger partial charge in [-0.3, -0.25) is 0 Å². The van der Waals surface area contributed by atoms with Gasteiger partial charge >= 0.3 is 0 Å². The summed E-state index contributed by atoms with van der Waals surface area (Å²) >= 11 is 0. The van der Waals surface area contributed by atoms with E-state index in [9.17, 15) is 0 Å². The highest BCUT2D eigenvalue weighted by atomic mass is 15.0. The lowest BCUT2D eigenvalue weighted by Crippen LogP contribution is -2.44. The fourth-order valence-electron chi connectivity index (χ4n) is 4.16. The zero-order chi connectivity index (χ0) is 13.8. The summed E-state index contributed by atoms with van der Waals surface area (Å²) in [5, 5.41) is 4.03. The molecule has 3 rings (SSSR count). The molecule has 110 valence electrons. The molecule has 2 fully saturated rings. The molecule has 2 unspecified atom stereocenters. The molecule has 1 nitrogen and oxygen atoms in total. The Bertz CT molecular complexity index is 391. The van der Waals surface area contributed by atoms with Crippen molar-refractivity contribution in [3.63, 3.8) is 0 Å². The van der Waals surface area contributed by atoms with Gasteiger partial charge < -0.3 is 5.32 Å². The molecule has 0 amide bonds. The first-order valence-electron chi connectivity index (χ1n) is 8.64. The maximum Gasteiger partial charge on any atom is 0.0138 e. The molecule has 0 aromatic heterocycles. The van der Waals surface area contributed by atoms with E-state index in [-0.39, 0.29) is 0 Å². The lowest BCUT2D eigenvalue weighted by Gasteiger charge is -2.37. The predicted molar refractivity (Wildman–Crippen MR) is 86.0 cm³/mol. The molecule has 20 heavy (non-hydrogen) atoms. The highest BCUT2D eigenvalue weighted by Gasteiger charge is 2.29. The van der Waals surface area contributed by atoms with Gasteiger partial charge in [-0.2, -0.15) is 0 Å². The molecule has 0 saturated heterocycles. The van der Waals surface area contributed by atoms with E-state index >= 15 is 0 Å². The number of hydrogen-bond acceptors (Lipinski definition) is 1. The van der Waals surface area contributed by atoms with Gasteiger partial charge in [-0.15, -0.1) is 0 Å². The smallest absolute Gasteiger partial charge is 0.0138 e. The monoisotopic (exact) mass is 271 g/mol. The SMILES string of the molecule is CC1CCC(NC2CCCCC2c2ccccc2)CC1. The lowest BCUT2D eigenvalue weighted by atomic mass is 9.78. The summed E-state index contributed by atoms with van der Waals surface area (Å²) in [5.41, 5.74) is 1.55. The molecule has 1 heteroatoms. The van der Waals surface area contributed by atoms with Crippen LogP contribution in [-0.2, 0) is 0 Å². The first-order chi connectivity index (χ1) is 9.83. The van der Waals surface area contributed by atoms with Crippen LogP contribution in [0.4, 0.5) is 0 Å². The second kappa shape index (κ2) is 6.76. The van der Waals surface area contributed by atoms with Crippen molar-refractivity contribution >= 4 is 0 Å². The maximum absolute atomic E-state index is 4.03. The topological polar surface area (TPSA) is 12.0 Å². The summed E-state index contributed by atoms with van der Waals surface area (Å²) < 4.78 is 0. The van der Waals surface area contributed by atoms with E-state index in [1.165, 1.54) is 51.4 Å². The van der Waals surface area contributed by atoms with Crippen LogP contribution in [-0.4, -0.2) is 12.1 Å². The second-order valence-corrected chi connectivity index (χ2v) is 7.03. The molecule has 1 N–H and O–H groups in total. The summed E-state index contributed by atoms with van der Waals surface area (Å²) in [6, 6.07) is 12.7. The molecule has 2 atom stereocenters. The standard InChI is InChI=1S/C19H29N/c1-15-11-13-17(14-12-15)20-19-10-6-5-9-18(19)16-7-3-2-4-8-16/h2-4,7-8,15,17-20H,5-6,9-14H2,1H3. The van der Waals surface area contributed by atoms with Crippen LogP contribution in [0.15, 0.2) is 30.3 Å². The van der Waals surface area contributed by atoms with Crippen molar-refractivity contribution < 1.29 is 0 Å². The van der Waals surface area contributed by atoms with Crippen LogP contribution in [0.1, 0.15) is 69.8 Å². The van der Waals surface area contributed by atoms with E-state index in [0.29, 0.717) is 6.04 Å². The molecule has 0 radical (unpaired) electrons. The van der Waals surface area contributed by atoms with Crippen molar-refractivity contribution in [1.29, 1.82) is 0 Å². The summed E-state index contributed by atoms with van der Waals surface area (Å²) in [6.45, 7) is 2.41. The van der Waals surface area contributed by atoms with Gasteiger partial charge in [-0.1, -0.05) is 50.1 Å². The van der Waals surface area contributed by atoms with Crippen LogP contribution in [0.3, 0.4) is 0 Å². The minimum Gasteiger partial charge on any atom is -0.311 e. The number of nitrogens with one attached hydrogen (secondary N) is 1. The Hall–Kier alpha value is -0.820. The minimum absolute atomic E-state index is 0.713. The zero-order valence-electron chi connectivity index (χ0n) is 12.9. The maximum atomic E-state index is 4.03. The molecule has 0 spiro atoms. The summed E-state index contributed by atoms with van der Waals surface area (Å²) in [4.78, 5) is 0. The molecule has 2 saturated carbocycles. The van der Waals surface area contributed by atoms with E-state index in [2.05, 4.69) is 42.6 Å². The summed E-state index contributed by atoms with van der Waals surface area (Å²) in [5.74, 6) is 1.69. The molecule has 2 aliphatic carbocycles. The van der Waals surface area contributed by atoms with Crippen molar-refractivity contribution in [3.8, 4) is 0 Å². The summed E-state index contributed by atoms with van der Waals surface area (Å²) in [7, 11) is 0. The highest BCUT2D eigenvalue weighted by molar-refractivity contribution is 5.22. The van der Waals surface area contributed by atoms with Crippen LogP contribution in [0.2, 0.25) is 0 Å². The van der Waals surface area contributed by atoms with Crippen LogP contribution >= 0.6 is 0 Å². The Kier molecular flexibility index (Phi) is 4.77. The van der Waals surface area contributed by atoms with E-state index in [0.717, 1.165) is 17.9 Å². The molecular weight excluding hydrogens is 242 g/mol. The molecule has 0 aliphatic heterocycles. The van der Waals surface area contributed by atoms with Crippen LogP contribution in [0.5, 0.6) is 0 Å². The quantitative estimate of drug-likeness (QED) is 0.826. The van der Waals surface area contributed by atoms with Gasteiger partial charge in [0.2, 0.25) is 0 Å². The average Bonchev–Trinajstić information content (AvgIpc) is 2.51. The van der Waals surface area contributed by atoms with Gasteiger partial charge in [0, 0.05) is 12.1 Å². The van der Waals surface area contributed by atoms with E-state index in [1.54, 1.807) is 5.56 Å². The molecule has 2 aliphatic rings. The Balaban J connectivity index is 1.64. The van der Waals surface area contributed by atoms with Gasteiger partial charge in [-0.05, 0) is 55.9 Å². The van der Waals surface area contributed by atoms with Gasteiger partial charge in [-0.25, -0.2) is 0 Å². The van der Waals surface area contributed by atoms with Crippen molar-refractivity contribution in [2.45, 2.75) is 76.3 Å². The minimum atomic E-state index is 0.713. The van der Waals surface area contributed by atoms with Gasteiger partial charge in [0.15, 0.2) is 0 Å². The first kappa shape index (κ1) is 14.1. The fraction of sp³-hybridized carbons (Fsp3) is 0.684. The Morgan fingerprint density at radius 2 is 1.55 bits per heavy atom. The summed E-state index contributed by atoms with van der Waals surface area (Å²) in [6.07, 6.45) is 11.2. The lowest BCUT2D eigenvalue weighted by molar-refractivity contribution is 0.243. The van der Waals surface area contributed by atoms with Crippen LogP contribution in [0.25, 0.3) is 0 Å². The second-order valence-electron chi connectivity index (χ2n) is 7.03. The average molecular weight is 271 g/mol. The van der Waals surface area contributed by atoms with Crippen molar-refractivity contribution in [3.05, 3.63) is 35.9 Å². The third-order valence-corrected chi connectivity index (χ3v) is 5.46. The van der Waals surface area contributed by atoms with E-state index < -0.39 is 0 Å². The molecule has 0 bridgehead atoms. The number of hydrogen-bond donors (Lipinski definition) is 1. The third kappa shape index (κ3) is 3.44. The van der Waals surface area contributed by atoms with Crippen molar-refractivity contribution in [2.24, 2.45) is 5.92 Å². The van der Waals surface area contributed by atoms with Gasteiger partial charge in [0.25, 0.3) is 0 Å². The normalized spacial score (nSPS) is 34.9. The Morgan fingerprint density at radius 3 is 2.30 bits per heavy atom. The largest absolute Gasteiger partial charge is 0.311 e. The zero-order valence-corrected chi connectivity index (χ0v) is 12.9. The van der Waals surface area contributed by atoms with Gasteiger partial charge in [0.05, 0.1) is 0 Å². The predicted octanol–water partition coefficient (Wildman–Crippen LogP) is 4.88. The van der Waals surface area contributed by atoms with Gasteiger partial charge in [0.1, 0.15) is 0 Å². The van der Waals surface area contributed by atoms with E-state index in [4.69, 9.17) is 0 Å².